The fraction of sp³-hybridized carbons (Fsp3) is 0.455. The Morgan fingerprint density at radius 2 is 2.12 bits per heavy atom. The van der Waals surface area contributed by atoms with Crippen LogP contribution < -0.4 is 4.90 Å². The Kier molecular flexibility index (Phi) is 3.29. The van der Waals surface area contributed by atoms with Crippen LogP contribution >= 0.6 is 11.6 Å². The van der Waals surface area contributed by atoms with Crippen molar-refractivity contribution in [3.63, 3.8) is 0 Å². The smallest absolute Gasteiger partial charge is 0.306 e. The van der Waals surface area contributed by atoms with E-state index in [0.29, 0.717) is 17.9 Å². The van der Waals surface area contributed by atoms with E-state index in [1.165, 1.54) is 0 Å². The first-order valence-electron chi connectivity index (χ1n) is 5.26. The second-order valence-electron chi connectivity index (χ2n) is 3.93. The summed E-state index contributed by atoms with van der Waals surface area (Å²) in [6, 6.07) is 3.66. The Hall–Kier alpha value is -1.29. The molecule has 0 aromatic carbocycles. The van der Waals surface area contributed by atoms with Gasteiger partial charge in [0.2, 0.25) is 0 Å². The zero-order valence-electron chi connectivity index (χ0n) is 8.77. The molecule has 86 valence electrons. The molecule has 0 unspecified atom stereocenters. The molecule has 0 aliphatic carbocycles. The molecule has 1 saturated heterocycles. The lowest BCUT2D eigenvalue weighted by atomic mass is 9.97. The second-order valence-corrected chi connectivity index (χ2v) is 4.37. The summed E-state index contributed by atoms with van der Waals surface area (Å²) in [5, 5.41) is 9.49. The Balaban J connectivity index is 1.99. The molecular formula is C11H13ClN2O2. The topological polar surface area (TPSA) is 53.4 Å². The summed E-state index contributed by atoms with van der Waals surface area (Å²) in [7, 11) is 0. The molecule has 1 aliphatic rings. The van der Waals surface area contributed by atoms with Crippen LogP contribution in [0.3, 0.4) is 0 Å². The summed E-state index contributed by atoms with van der Waals surface area (Å²) in [4.78, 5) is 17.1. The number of aliphatic carboxylic acids is 1. The number of carboxylic acids is 1. The van der Waals surface area contributed by atoms with Crippen LogP contribution in [0.2, 0.25) is 5.02 Å². The van der Waals surface area contributed by atoms with E-state index in [4.69, 9.17) is 16.7 Å². The number of carbonyl (C=O) groups is 1. The van der Waals surface area contributed by atoms with E-state index in [0.717, 1.165) is 18.9 Å². The van der Waals surface area contributed by atoms with Gasteiger partial charge < -0.3 is 10.0 Å². The minimum Gasteiger partial charge on any atom is -0.481 e. The van der Waals surface area contributed by atoms with Crippen molar-refractivity contribution in [2.75, 3.05) is 18.0 Å². The average molecular weight is 241 g/mol. The summed E-state index contributed by atoms with van der Waals surface area (Å²) in [5.74, 6) is -0.0273. The van der Waals surface area contributed by atoms with Crippen LogP contribution in [0.15, 0.2) is 18.3 Å². The van der Waals surface area contributed by atoms with Crippen molar-refractivity contribution >= 4 is 23.4 Å². The van der Waals surface area contributed by atoms with Gasteiger partial charge in [-0.15, -0.1) is 0 Å². The number of halogens is 1. The molecule has 0 amide bonds. The molecule has 0 bridgehead atoms. The number of pyridine rings is 1. The number of hydrogen-bond donors (Lipinski definition) is 1. The standard InChI is InChI=1S/C11H13ClN2O2/c12-9-1-2-10(13-7-9)14-5-3-8(4-6-14)11(15)16/h1-2,7-8H,3-6H2,(H,15,16). The fourth-order valence-corrected chi connectivity index (χ4v) is 2.02. The van der Waals surface area contributed by atoms with E-state index in [1.54, 1.807) is 12.3 Å². The van der Waals surface area contributed by atoms with Gasteiger partial charge in [0.15, 0.2) is 0 Å². The van der Waals surface area contributed by atoms with Gasteiger partial charge in [-0.2, -0.15) is 0 Å². The fourth-order valence-electron chi connectivity index (χ4n) is 1.91. The molecule has 16 heavy (non-hydrogen) atoms. The lowest BCUT2D eigenvalue weighted by molar-refractivity contribution is -0.142. The molecule has 1 N–H and O–H groups in total. The molecule has 5 heteroatoms. The molecular weight excluding hydrogens is 228 g/mol. The largest absolute Gasteiger partial charge is 0.481 e. The van der Waals surface area contributed by atoms with Crippen LogP contribution in [-0.4, -0.2) is 29.1 Å². The van der Waals surface area contributed by atoms with E-state index in [-0.39, 0.29) is 5.92 Å². The van der Waals surface area contributed by atoms with Crippen molar-refractivity contribution < 1.29 is 9.90 Å². The van der Waals surface area contributed by atoms with E-state index >= 15 is 0 Å². The Morgan fingerprint density at radius 3 is 2.62 bits per heavy atom. The molecule has 0 spiro atoms. The number of hydrogen-bond acceptors (Lipinski definition) is 3. The zero-order valence-corrected chi connectivity index (χ0v) is 9.52. The van der Waals surface area contributed by atoms with Gasteiger partial charge in [-0.1, -0.05) is 11.6 Å². The van der Waals surface area contributed by atoms with Gasteiger partial charge in [-0.05, 0) is 25.0 Å². The molecule has 0 atom stereocenters. The van der Waals surface area contributed by atoms with Gasteiger partial charge in [0.1, 0.15) is 5.82 Å². The first-order chi connectivity index (χ1) is 7.66. The third kappa shape index (κ3) is 2.44. The first kappa shape index (κ1) is 11.2. The third-order valence-corrected chi connectivity index (χ3v) is 3.10. The highest BCUT2D eigenvalue weighted by molar-refractivity contribution is 6.30. The molecule has 1 fully saturated rings. The number of anilines is 1. The SMILES string of the molecule is O=C(O)C1CCN(c2ccc(Cl)cn2)CC1. The van der Waals surface area contributed by atoms with Crippen LogP contribution in [-0.2, 0) is 4.79 Å². The molecule has 2 heterocycles. The quantitative estimate of drug-likeness (QED) is 0.860. The number of carboxylic acid groups (broad SMARTS) is 1. The predicted molar refractivity (Wildman–Crippen MR) is 61.8 cm³/mol. The summed E-state index contributed by atoms with van der Waals surface area (Å²) >= 11 is 5.76. The van der Waals surface area contributed by atoms with Crippen LogP contribution in [0.5, 0.6) is 0 Å². The van der Waals surface area contributed by atoms with Crippen LogP contribution in [0, 0.1) is 5.92 Å². The Labute approximate surface area is 98.9 Å². The van der Waals surface area contributed by atoms with Gasteiger partial charge >= 0.3 is 5.97 Å². The number of aromatic nitrogens is 1. The minimum absolute atomic E-state index is 0.205. The summed E-state index contributed by atoms with van der Waals surface area (Å²) in [6.45, 7) is 1.48. The molecule has 1 aliphatic heterocycles. The lowest BCUT2D eigenvalue weighted by Crippen LogP contribution is -2.36. The molecule has 0 radical (unpaired) electrons. The normalized spacial score (nSPS) is 17.4. The summed E-state index contributed by atoms with van der Waals surface area (Å²) < 4.78 is 0. The van der Waals surface area contributed by atoms with E-state index in [9.17, 15) is 4.79 Å². The highest BCUT2D eigenvalue weighted by atomic mass is 35.5. The van der Waals surface area contributed by atoms with Gasteiger partial charge in [0, 0.05) is 19.3 Å². The molecule has 0 saturated carbocycles. The van der Waals surface area contributed by atoms with E-state index < -0.39 is 5.97 Å². The van der Waals surface area contributed by atoms with E-state index in [1.807, 2.05) is 6.07 Å². The second kappa shape index (κ2) is 4.70. The molecule has 4 nitrogen and oxygen atoms in total. The molecule has 1 aromatic rings. The van der Waals surface area contributed by atoms with Gasteiger partial charge in [0.25, 0.3) is 0 Å². The first-order valence-corrected chi connectivity index (χ1v) is 5.64. The number of rotatable bonds is 2. The minimum atomic E-state index is -0.691. The highest BCUT2D eigenvalue weighted by Gasteiger charge is 2.24. The monoisotopic (exact) mass is 240 g/mol. The Morgan fingerprint density at radius 1 is 1.44 bits per heavy atom. The molecule has 2 rings (SSSR count). The molecule has 1 aromatic heterocycles. The number of nitrogens with zero attached hydrogens (tertiary/aromatic N) is 2. The van der Waals surface area contributed by atoms with Crippen molar-refractivity contribution in [2.45, 2.75) is 12.8 Å². The van der Waals surface area contributed by atoms with Crippen molar-refractivity contribution in [3.8, 4) is 0 Å². The Bertz CT molecular complexity index is 372. The maximum atomic E-state index is 10.8. The van der Waals surface area contributed by atoms with Crippen LogP contribution in [0.25, 0.3) is 0 Å². The summed E-state index contributed by atoms with van der Waals surface area (Å²) in [6.07, 6.45) is 2.97. The lowest BCUT2D eigenvalue weighted by Gasteiger charge is -2.30. The maximum absolute atomic E-state index is 10.8. The summed E-state index contributed by atoms with van der Waals surface area (Å²) in [5.41, 5.74) is 0. The number of piperidine rings is 1. The zero-order chi connectivity index (χ0) is 11.5. The van der Waals surface area contributed by atoms with Crippen molar-refractivity contribution in [1.82, 2.24) is 4.98 Å². The van der Waals surface area contributed by atoms with Crippen molar-refractivity contribution in [2.24, 2.45) is 5.92 Å². The predicted octanol–water partition coefficient (Wildman–Crippen LogP) is 2.04. The van der Waals surface area contributed by atoms with Crippen molar-refractivity contribution in [3.05, 3.63) is 23.4 Å². The van der Waals surface area contributed by atoms with Gasteiger partial charge in [-0.3, -0.25) is 4.79 Å². The average Bonchev–Trinajstić information content (AvgIpc) is 2.30. The van der Waals surface area contributed by atoms with Crippen molar-refractivity contribution in [1.29, 1.82) is 0 Å². The third-order valence-electron chi connectivity index (χ3n) is 2.88. The van der Waals surface area contributed by atoms with Gasteiger partial charge in [-0.25, -0.2) is 4.98 Å². The highest BCUT2D eigenvalue weighted by Crippen LogP contribution is 2.22. The van der Waals surface area contributed by atoms with Gasteiger partial charge in [0.05, 0.1) is 10.9 Å². The van der Waals surface area contributed by atoms with Crippen LogP contribution in [0.4, 0.5) is 5.82 Å². The maximum Gasteiger partial charge on any atom is 0.306 e. The van der Waals surface area contributed by atoms with E-state index in [2.05, 4.69) is 9.88 Å². The van der Waals surface area contributed by atoms with Crippen LogP contribution in [0.1, 0.15) is 12.8 Å².